The molecule has 0 spiro atoms. The monoisotopic (exact) mass is 235 g/mol. The highest BCUT2D eigenvalue weighted by Crippen LogP contribution is 2.19. The summed E-state index contributed by atoms with van der Waals surface area (Å²) in [5.74, 6) is 0. The van der Waals surface area contributed by atoms with Crippen molar-refractivity contribution in [1.82, 2.24) is 0 Å². The number of rotatable bonds is 0. The fraction of sp³-hybridized carbons (Fsp3) is 0.429. The topological polar surface area (TPSA) is 12.4 Å². The quantitative estimate of drug-likeness (QED) is 0.571. The van der Waals surface area contributed by atoms with Crippen molar-refractivity contribution in [2.45, 2.75) is 20.3 Å². The Balaban J connectivity index is 2.85. The van der Waals surface area contributed by atoms with Crippen molar-refractivity contribution in [3.63, 3.8) is 0 Å². The van der Waals surface area contributed by atoms with E-state index in [9.17, 15) is 0 Å². The first-order chi connectivity index (χ1) is 4.30. The molecule has 0 aromatic carbocycles. The molecule has 1 aliphatic rings. The predicted octanol–water partition coefficient (Wildman–Crippen LogP) is 3.35. The minimum absolute atomic E-state index is 0.00638. The van der Waals surface area contributed by atoms with E-state index >= 15 is 0 Å². The Morgan fingerprint density at radius 2 is 2.33 bits per heavy atom. The van der Waals surface area contributed by atoms with E-state index in [1.165, 1.54) is 11.3 Å². The molecule has 0 radical (unpaired) electrons. The van der Waals surface area contributed by atoms with Gasteiger partial charge < -0.3 is 0 Å². The van der Waals surface area contributed by atoms with Gasteiger partial charge in [0, 0.05) is 26.7 Å². The molecule has 2 heteroatoms. The number of hydrogen-bond donors (Lipinski definition) is 0. The Labute approximate surface area is 66.0 Å². The third-order valence-electron chi connectivity index (χ3n) is 1.36. The molecule has 0 fully saturated rings. The zero-order valence-corrected chi connectivity index (χ0v) is 7.84. The average molecular weight is 235 g/mol. The molecule has 0 atom stereocenters. The van der Waals surface area contributed by atoms with E-state index in [0.717, 1.165) is 6.42 Å². The van der Waals surface area contributed by atoms with Crippen molar-refractivity contribution >= 4 is 21.0 Å². The fourth-order valence-corrected chi connectivity index (χ4v) is 2.05. The lowest BCUT2D eigenvalue weighted by Gasteiger charge is -1.94. The Bertz CT molecular complexity index is 189. The van der Waals surface area contributed by atoms with Gasteiger partial charge in [-0.15, -0.1) is 0 Å². The highest BCUT2D eigenvalue weighted by atomic mass is 127. The van der Waals surface area contributed by atoms with Gasteiger partial charge in [-0.25, -0.2) is 3.15 Å². The smallest absolute Gasteiger partial charge is 0.0426 e. The number of halogens is 1. The number of allylic oxidation sites excluding steroid dienone is 3. The van der Waals surface area contributed by atoms with Crippen LogP contribution in [0.25, 0.3) is 0 Å². The number of hydrogen-bond acceptors (Lipinski definition) is 1. The summed E-state index contributed by atoms with van der Waals surface area (Å²) in [7, 11) is 0. The van der Waals surface area contributed by atoms with E-state index in [1.807, 2.05) is 0 Å². The normalized spacial score (nSPS) is 19.3. The molecule has 9 heavy (non-hydrogen) atoms. The summed E-state index contributed by atoms with van der Waals surface area (Å²) in [5, 5.41) is 0. The van der Waals surface area contributed by atoms with E-state index < -0.39 is 0 Å². The number of nitrogens with zero attached hydrogens (tertiary/aromatic N) is 1. The van der Waals surface area contributed by atoms with Gasteiger partial charge in [-0.3, -0.25) is 0 Å². The van der Waals surface area contributed by atoms with Crippen LogP contribution < -0.4 is 0 Å². The molecule has 0 amide bonds. The van der Waals surface area contributed by atoms with Crippen LogP contribution in [0.1, 0.15) is 20.3 Å². The zero-order valence-electron chi connectivity index (χ0n) is 5.69. The average Bonchev–Trinajstić information content (AvgIpc) is 1.99. The second-order valence-electron chi connectivity index (χ2n) is 2.11. The zero-order chi connectivity index (χ0) is 6.69. The molecule has 1 nitrogen and oxygen atoms in total. The molecule has 50 valence electrons. The van der Waals surface area contributed by atoms with E-state index in [2.05, 4.69) is 27.2 Å². The molecule has 0 saturated heterocycles. The molecule has 0 saturated carbocycles. The summed E-state index contributed by atoms with van der Waals surface area (Å²) in [4.78, 5) is 0. The first kappa shape index (κ1) is 7.12. The van der Waals surface area contributed by atoms with E-state index in [1.54, 1.807) is 0 Å². The predicted molar refractivity (Wildman–Crippen MR) is 48.6 cm³/mol. The summed E-state index contributed by atoms with van der Waals surface area (Å²) >= 11 is 0.00638. The molecule has 0 aliphatic carbocycles. The Morgan fingerprint density at radius 3 is 3.11 bits per heavy atom. The van der Waals surface area contributed by atoms with Crippen LogP contribution in [0.4, 0.5) is 0 Å². The molecular weight excluding hydrogens is 225 g/mol. The van der Waals surface area contributed by atoms with Crippen LogP contribution >= 0.6 is 21.0 Å². The lowest BCUT2D eigenvalue weighted by Crippen LogP contribution is -1.75. The molecular formula is C7H10IN. The van der Waals surface area contributed by atoms with Gasteiger partial charge in [-0.05, 0) is 29.9 Å². The summed E-state index contributed by atoms with van der Waals surface area (Å²) in [5.41, 5.74) is 2.68. The molecule has 0 unspecified atom stereocenters. The third kappa shape index (κ3) is 2.01. The highest BCUT2D eigenvalue weighted by molar-refractivity contribution is 14.2. The molecule has 0 aromatic heterocycles. The third-order valence-corrected chi connectivity index (χ3v) is 3.20. The van der Waals surface area contributed by atoms with Gasteiger partial charge in [0.15, 0.2) is 0 Å². The minimum Gasteiger partial charge on any atom is -0.227 e. The second kappa shape index (κ2) is 3.25. The van der Waals surface area contributed by atoms with Gasteiger partial charge in [0.2, 0.25) is 0 Å². The Hall–Kier alpha value is 0.01000. The van der Waals surface area contributed by atoms with Gasteiger partial charge in [0.05, 0.1) is 0 Å². The van der Waals surface area contributed by atoms with Crippen molar-refractivity contribution in [1.29, 1.82) is 0 Å². The summed E-state index contributed by atoms with van der Waals surface area (Å²) in [6.45, 7) is 4.25. The van der Waals surface area contributed by atoms with Crippen LogP contribution in [0.3, 0.4) is 0 Å². The Morgan fingerprint density at radius 1 is 1.56 bits per heavy atom. The lowest BCUT2D eigenvalue weighted by molar-refractivity contribution is 1.13. The van der Waals surface area contributed by atoms with E-state index in [-0.39, 0.29) is 21.0 Å². The lowest BCUT2D eigenvalue weighted by atomic mass is 10.2. The summed E-state index contributed by atoms with van der Waals surface area (Å²) < 4.78 is 6.63. The first-order valence-corrected chi connectivity index (χ1v) is 5.17. The molecule has 0 N–H and O–H groups in total. The Kier molecular flexibility index (Phi) is 2.57. The second-order valence-corrected chi connectivity index (χ2v) is 3.87. The maximum atomic E-state index is 4.41. The van der Waals surface area contributed by atoms with Crippen LogP contribution in [-0.2, 0) is 0 Å². The fourth-order valence-electron chi connectivity index (χ4n) is 0.582. The van der Waals surface area contributed by atoms with Crippen molar-refractivity contribution in [2.75, 3.05) is 0 Å². The molecule has 1 rings (SSSR count). The van der Waals surface area contributed by atoms with Crippen LogP contribution in [0, 0.1) is 0 Å². The first-order valence-electron chi connectivity index (χ1n) is 2.96. The van der Waals surface area contributed by atoms with Crippen molar-refractivity contribution in [2.24, 2.45) is 3.15 Å². The van der Waals surface area contributed by atoms with Gasteiger partial charge in [0.25, 0.3) is 0 Å². The largest absolute Gasteiger partial charge is 0.227 e. The van der Waals surface area contributed by atoms with Crippen LogP contribution in [0.2, 0.25) is 0 Å². The van der Waals surface area contributed by atoms with Gasteiger partial charge >= 0.3 is 0 Å². The van der Waals surface area contributed by atoms with Crippen LogP contribution in [0.15, 0.2) is 24.6 Å². The summed E-state index contributed by atoms with van der Waals surface area (Å²) in [6, 6.07) is 0. The van der Waals surface area contributed by atoms with Gasteiger partial charge in [0.1, 0.15) is 0 Å². The van der Waals surface area contributed by atoms with Crippen LogP contribution in [-0.4, -0.2) is 0 Å². The van der Waals surface area contributed by atoms with E-state index in [4.69, 9.17) is 0 Å². The van der Waals surface area contributed by atoms with Crippen LogP contribution in [0.5, 0.6) is 0 Å². The maximum Gasteiger partial charge on any atom is 0.0426 e. The minimum atomic E-state index is 0.00638. The highest BCUT2D eigenvalue weighted by Gasteiger charge is 1.93. The molecule has 0 aromatic rings. The SMILES string of the molecule is CC1=C(C)N=IC=CC1. The standard InChI is InChI=1S/C7H10IN/c1-6-4-3-5-8-9-7(6)2/h3,5H,4H2,1-2H3. The molecule has 1 heterocycles. The molecule has 1 aliphatic heterocycles. The summed E-state index contributed by atoms with van der Waals surface area (Å²) in [6.07, 6.45) is 3.33. The van der Waals surface area contributed by atoms with Gasteiger partial charge in [-0.2, -0.15) is 0 Å². The van der Waals surface area contributed by atoms with Crippen molar-refractivity contribution in [3.8, 4) is 0 Å². The van der Waals surface area contributed by atoms with Crippen molar-refractivity contribution in [3.05, 3.63) is 21.4 Å². The van der Waals surface area contributed by atoms with E-state index in [0.29, 0.717) is 0 Å². The van der Waals surface area contributed by atoms with Crippen molar-refractivity contribution < 1.29 is 0 Å². The molecule has 0 bridgehead atoms. The maximum absolute atomic E-state index is 4.41. The van der Waals surface area contributed by atoms with Gasteiger partial charge in [-0.1, -0.05) is 6.08 Å².